The lowest BCUT2D eigenvalue weighted by Crippen LogP contribution is -2.41. The molecule has 2 fully saturated rings. The summed E-state index contributed by atoms with van der Waals surface area (Å²) >= 11 is 1.87. The van der Waals surface area contributed by atoms with Gasteiger partial charge in [0.1, 0.15) is 0 Å². The normalized spacial score (nSPS) is 23.5. The molecule has 4 atom stereocenters. The van der Waals surface area contributed by atoms with Crippen molar-refractivity contribution in [1.29, 1.82) is 0 Å². The molecule has 2 aliphatic heterocycles. The number of carbonyl (C=O) groups is 2. The van der Waals surface area contributed by atoms with Crippen LogP contribution in [0.3, 0.4) is 0 Å². The zero-order valence-corrected chi connectivity index (χ0v) is 22.1. The fourth-order valence-corrected chi connectivity index (χ4v) is 7.39. The van der Waals surface area contributed by atoms with Crippen LogP contribution in [0.5, 0.6) is 0 Å². The predicted molar refractivity (Wildman–Crippen MR) is 140 cm³/mol. The predicted octanol–water partition coefficient (Wildman–Crippen LogP) is 6.52. The van der Waals surface area contributed by atoms with E-state index in [2.05, 4.69) is 5.32 Å². The number of benzene rings is 2. The van der Waals surface area contributed by atoms with E-state index in [1.165, 1.54) is 24.6 Å². The van der Waals surface area contributed by atoms with Crippen molar-refractivity contribution in [2.75, 3.05) is 13.2 Å². The number of amides is 1. The Balaban J connectivity index is 1.33. The van der Waals surface area contributed by atoms with Crippen molar-refractivity contribution >= 4 is 23.5 Å². The molecular formula is C29H34F3NO3S. The molecule has 0 bridgehead atoms. The molecule has 4 rings (SSSR count). The molecule has 0 aromatic heterocycles. The number of ketones is 1. The number of aryl methyl sites for hydroxylation is 1. The second-order valence-electron chi connectivity index (χ2n) is 10.1. The molecule has 0 radical (unpaired) electrons. The van der Waals surface area contributed by atoms with Gasteiger partial charge < -0.3 is 10.1 Å². The molecule has 2 saturated heterocycles. The van der Waals surface area contributed by atoms with Crippen LogP contribution in [0.25, 0.3) is 0 Å². The lowest BCUT2D eigenvalue weighted by molar-refractivity contribution is -0.138. The molecule has 2 aromatic carbocycles. The average Bonchev–Trinajstić information content (AvgIpc) is 3.24. The van der Waals surface area contributed by atoms with Crippen LogP contribution in [-0.2, 0) is 22.3 Å². The number of ether oxygens (including phenoxy) is 1. The smallest absolute Gasteiger partial charge is 0.381 e. The molecule has 2 aliphatic rings. The molecule has 0 spiro atoms. The third kappa shape index (κ3) is 6.77. The Hall–Kier alpha value is -2.32. The fraction of sp³-hybridized carbons (Fsp3) is 0.517. The van der Waals surface area contributed by atoms with Crippen LogP contribution in [0.4, 0.5) is 13.2 Å². The Morgan fingerprint density at radius 3 is 2.57 bits per heavy atom. The molecule has 37 heavy (non-hydrogen) atoms. The van der Waals surface area contributed by atoms with Crippen molar-refractivity contribution < 1.29 is 27.5 Å². The van der Waals surface area contributed by atoms with Gasteiger partial charge in [0.25, 0.3) is 0 Å². The minimum absolute atomic E-state index is 0.0132. The maximum atomic E-state index is 13.3. The van der Waals surface area contributed by atoms with Gasteiger partial charge in [-0.2, -0.15) is 24.9 Å². The summed E-state index contributed by atoms with van der Waals surface area (Å²) in [4.78, 5) is 26.0. The van der Waals surface area contributed by atoms with Gasteiger partial charge >= 0.3 is 6.18 Å². The second kappa shape index (κ2) is 12.0. The average molecular weight is 534 g/mol. The van der Waals surface area contributed by atoms with Crippen LogP contribution >= 0.6 is 11.8 Å². The first-order chi connectivity index (χ1) is 17.6. The van der Waals surface area contributed by atoms with Gasteiger partial charge in [-0.3, -0.25) is 9.59 Å². The number of hydrogen-bond donors (Lipinski definition) is 1. The third-order valence-electron chi connectivity index (χ3n) is 7.52. The van der Waals surface area contributed by atoms with Crippen molar-refractivity contribution in [2.24, 2.45) is 11.8 Å². The lowest BCUT2D eigenvalue weighted by Gasteiger charge is -2.28. The Bertz CT molecular complexity index is 1100. The van der Waals surface area contributed by atoms with Crippen molar-refractivity contribution in [1.82, 2.24) is 5.32 Å². The molecule has 4 unspecified atom stereocenters. The van der Waals surface area contributed by atoms with Gasteiger partial charge in [-0.1, -0.05) is 48.4 Å². The summed E-state index contributed by atoms with van der Waals surface area (Å²) in [5.74, 6) is -0.192. The number of hydrogen-bond acceptors (Lipinski definition) is 4. The van der Waals surface area contributed by atoms with Gasteiger partial charge in [-0.05, 0) is 50.3 Å². The topological polar surface area (TPSA) is 55.4 Å². The Labute approximate surface area is 220 Å². The molecule has 1 amide bonds. The molecular weight excluding hydrogens is 499 g/mol. The fourth-order valence-electron chi connectivity index (χ4n) is 5.46. The summed E-state index contributed by atoms with van der Waals surface area (Å²) in [5, 5.41) is 3.65. The molecule has 2 aromatic rings. The monoisotopic (exact) mass is 533 g/mol. The molecule has 2 heterocycles. The molecule has 8 heteroatoms. The third-order valence-corrected chi connectivity index (χ3v) is 9.33. The minimum atomic E-state index is -4.48. The zero-order chi connectivity index (χ0) is 26.6. The number of rotatable bonds is 9. The van der Waals surface area contributed by atoms with Gasteiger partial charge in [-0.15, -0.1) is 0 Å². The summed E-state index contributed by atoms with van der Waals surface area (Å²) in [6.07, 6.45) is -1.25. The second-order valence-corrected chi connectivity index (χ2v) is 11.6. The van der Waals surface area contributed by atoms with Crippen molar-refractivity contribution in [3.63, 3.8) is 0 Å². The van der Waals surface area contributed by atoms with Gasteiger partial charge in [0.15, 0.2) is 5.78 Å². The van der Waals surface area contributed by atoms with Crippen molar-refractivity contribution in [3.05, 3.63) is 70.3 Å². The van der Waals surface area contributed by atoms with Crippen LogP contribution in [-0.4, -0.2) is 35.4 Å². The van der Waals surface area contributed by atoms with Crippen molar-refractivity contribution in [2.45, 2.75) is 69.2 Å². The molecule has 1 N–H and O–H groups in total. The zero-order valence-electron chi connectivity index (χ0n) is 21.3. The number of carbonyl (C=O) groups excluding carboxylic acids is 2. The standard InChI is InChI=1S/C29H34F3NO3S/c1-18-10-12-20(13-11-18)16-33-28(35)27-22-17-36-15-14-25(22)37-26(27)9-4-3-8-24(34)21-6-5-7-23(19(21)2)29(30,31)32/h5-7,10-13,22,25-27H,3-4,8-9,14-17H2,1-2H3,(H,33,35). The van der Waals surface area contributed by atoms with Crippen LogP contribution in [0.1, 0.15) is 64.7 Å². The van der Waals surface area contributed by atoms with Crippen LogP contribution in [0.15, 0.2) is 42.5 Å². The largest absolute Gasteiger partial charge is 0.416 e. The van der Waals surface area contributed by atoms with Crippen LogP contribution < -0.4 is 5.32 Å². The van der Waals surface area contributed by atoms with E-state index in [-0.39, 0.29) is 46.3 Å². The quantitative estimate of drug-likeness (QED) is 0.295. The van der Waals surface area contributed by atoms with E-state index in [0.29, 0.717) is 31.4 Å². The number of halogens is 3. The maximum Gasteiger partial charge on any atom is 0.416 e. The summed E-state index contributed by atoms with van der Waals surface area (Å²) in [6, 6.07) is 11.9. The lowest BCUT2D eigenvalue weighted by atomic mass is 9.83. The van der Waals surface area contributed by atoms with Gasteiger partial charge in [0.2, 0.25) is 5.91 Å². The first-order valence-corrected chi connectivity index (χ1v) is 13.9. The maximum absolute atomic E-state index is 13.3. The van der Waals surface area contributed by atoms with E-state index in [9.17, 15) is 22.8 Å². The number of Topliss-reactive ketones (excluding diaryl/α,β-unsaturated/α-hetero) is 1. The summed E-state index contributed by atoms with van der Waals surface area (Å²) in [7, 11) is 0. The van der Waals surface area contributed by atoms with Crippen molar-refractivity contribution in [3.8, 4) is 0 Å². The Morgan fingerprint density at radius 1 is 1.08 bits per heavy atom. The summed E-state index contributed by atoms with van der Waals surface area (Å²) in [6.45, 7) is 5.17. The highest BCUT2D eigenvalue weighted by Crippen LogP contribution is 2.48. The van der Waals surface area contributed by atoms with E-state index >= 15 is 0 Å². The highest BCUT2D eigenvalue weighted by atomic mass is 32.2. The number of unbranched alkanes of at least 4 members (excludes halogenated alkanes) is 1. The number of nitrogens with one attached hydrogen (secondary N) is 1. The van der Waals surface area contributed by atoms with Gasteiger partial charge in [0, 0.05) is 41.6 Å². The van der Waals surface area contributed by atoms with Crippen LogP contribution in [0, 0.1) is 25.7 Å². The first-order valence-electron chi connectivity index (χ1n) is 12.9. The number of alkyl halides is 3. The molecule has 200 valence electrons. The number of thioether (sulfide) groups is 1. The molecule has 4 nitrogen and oxygen atoms in total. The van der Waals surface area contributed by atoms with E-state index in [4.69, 9.17) is 4.74 Å². The van der Waals surface area contributed by atoms with E-state index in [1.807, 2.05) is 43.0 Å². The van der Waals surface area contributed by atoms with Gasteiger partial charge in [0.05, 0.1) is 18.1 Å². The molecule has 0 aliphatic carbocycles. The van der Waals surface area contributed by atoms with E-state index in [1.54, 1.807) is 0 Å². The van der Waals surface area contributed by atoms with E-state index in [0.717, 1.165) is 30.9 Å². The van der Waals surface area contributed by atoms with E-state index < -0.39 is 11.7 Å². The highest BCUT2D eigenvalue weighted by Gasteiger charge is 2.48. The van der Waals surface area contributed by atoms with Gasteiger partial charge in [-0.25, -0.2) is 0 Å². The summed E-state index contributed by atoms with van der Waals surface area (Å²) in [5.41, 5.74) is 1.60. The Kier molecular flexibility index (Phi) is 9.01. The van der Waals surface area contributed by atoms with Crippen LogP contribution in [0.2, 0.25) is 0 Å². The minimum Gasteiger partial charge on any atom is -0.381 e. The summed E-state index contributed by atoms with van der Waals surface area (Å²) < 4.78 is 45.4. The number of fused-ring (bicyclic) bond motifs is 1. The first kappa shape index (κ1) is 27.7. The SMILES string of the molecule is Cc1ccc(CNC(=O)C2C(CCCCC(=O)c3cccc(C(F)(F)F)c3C)SC3CCOCC32)cc1. The highest BCUT2D eigenvalue weighted by molar-refractivity contribution is 8.00. The molecule has 0 saturated carbocycles. The Morgan fingerprint density at radius 2 is 1.84 bits per heavy atom.